The lowest BCUT2D eigenvalue weighted by atomic mass is 10.3. The van der Waals surface area contributed by atoms with E-state index in [1.807, 2.05) is 6.92 Å². The predicted molar refractivity (Wildman–Crippen MR) is 42.1 cm³/mol. The summed E-state index contributed by atoms with van der Waals surface area (Å²) in [5, 5.41) is 8.98. The summed E-state index contributed by atoms with van der Waals surface area (Å²) < 4.78 is 4.67. The highest BCUT2D eigenvalue weighted by atomic mass is 16.5. The Balaban J connectivity index is 3.54. The van der Waals surface area contributed by atoms with Crippen molar-refractivity contribution in [2.75, 3.05) is 6.61 Å². The van der Waals surface area contributed by atoms with E-state index in [4.69, 9.17) is 5.11 Å². The number of rotatable bonds is 4. The van der Waals surface area contributed by atoms with Crippen LogP contribution in [0.15, 0.2) is 12.2 Å². The van der Waals surface area contributed by atoms with Crippen molar-refractivity contribution in [2.45, 2.75) is 26.4 Å². The predicted octanol–water partition coefficient (Wildman–Crippen LogP) is 0.877. The fourth-order valence-corrected chi connectivity index (χ4v) is 0.413. The first-order valence-corrected chi connectivity index (χ1v) is 3.58. The molecule has 0 fully saturated rings. The Hall–Kier alpha value is -0.830. The minimum Gasteiger partial charge on any atom is -0.460 e. The van der Waals surface area contributed by atoms with Crippen LogP contribution in [0, 0.1) is 0 Å². The van der Waals surface area contributed by atoms with Gasteiger partial charge in [-0.3, -0.25) is 0 Å². The Morgan fingerprint density at radius 2 is 2.27 bits per heavy atom. The zero-order chi connectivity index (χ0) is 8.85. The van der Waals surface area contributed by atoms with E-state index >= 15 is 0 Å². The van der Waals surface area contributed by atoms with Gasteiger partial charge in [0.15, 0.2) is 0 Å². The number of carbonyl (C=O) groups excluding carboxylic acids is 1. The maximum atomic E-state index is 10.7. The van der Waals surface area contributed by atoms with Crippen LogP contribution < -0.4 is 0 Å². The van der Waals surface area contributed by atoms with Crippen molar-refractivity contribution in [2.24, 2.45) is 0 Å². The molecule has 0 radical (unpaired) electrons. The van der Waals surface area contributed by atoms with E-state index < -0.39 is 12.1 Å². The molecule has 0 aromatic carbocycles. The molecule has 1 atom stereocenters. The molecule has 0 saturated heterocycles. The average Bonchev–Trinajstić information content (AvgIpc) is 1.99. The van der Waals surface area contributed by atoms with Gasteiger partial charge in [-0.15, -0.1) is 0 Å². The lowest BCUT2D eigenvalue weighted by Gasteiger charge is -2.07. The molecular formula is C8H14O3. The van der Waals surface area contributed by atoms with Crippen molar-refractivity contribution in [1.29, 1.82) is 0 Å². The Labute approximate surface area is 66.7 Å². The van der Waals surface area contributed by atoms with E-state index in [1.54, 1.807) is 6.92 Å². The quantitative estimate of drug-likeness (QED) is 0.488. The van der Waals surface area contributed by atoms with Crippen LogP contribution in [-0.4, -0.2) is 23.8 Å². The summed E-state index contributed by atoms with van der Waals surface area (Å²) in [7, 11) is 0. The van der Waals surface area contributed by atoms with Gasteiger partial charge in [0, 0.05) is 5.57 Å². The van der Waals surface area contributed by atoms with Gasteiger partial charge in [0.05, 0.1) is 6.10 Å². The van der Waals surface area contributed by atoms with Crippen LogP contribution in [0.4, 0.5) is 0 Å². The van der Waals surface area contributed by atoms with Crippen molar-refractivity contribution >= 4 is 5.97 Å². The summed E-state index contributed by atoms with van der Waals surface area (Å²) in [6.07, 6.45) is 0.0296. The summed E-state index contributed by atoms with van der Waals surface area (Å²) >= 11 is 0. The van der Waals surface area contributed by atoms with E-state index in [0.29, 0.717) is 12.0 Å². The second-order valence-corrected chi connectivity index (χ2v) is 2.44. The Morgan fingerprint density at radius 3 is 2.64 bits per heavy atom. The van der Waals surface area contributed by atoms with E-state index in [1.165, 1.54) is 0 Å². The third-order valence-electron chi connectivity index (χ3n) is 1.23. The minimum atomic E-state index is -0.557. The standard InChI is InChI=1S/C8H14O3/c1-4-7(9)5-11-8(10)6(2)3/h7,9H,2,4-5H2,1,3H3/t7-/m0/s1. The SMILES string of the molecule is C=C(C)C(=O)OC[C@@H](O)CC. The van der Waals surface area contributed by atoms with Gasteiger partial charge in [0.1, 0.15) is 6.61 Å². The first-order chi connectivity index (χ1) is 5.07. The highest BCUT2D eigenvalue weighted by molar-refractivity contribution is 5.86. The Kier molecular flexibility index (Phi) is 4.54. The molecule has 3 nitrogen and oxygen atoms in total. The van der Waals surface area contributed by atoms with Gasteiger partial charge < -0.3 is 9.84 Å². The van der Waals surface area contributed by atoms with Gasteiger partial charge in [0.25, 0.3) is 0 Å². The Morgan fingerprint density at radius 1 is 1.73 bits per heavy atom. The molecule has 0 heterocycles. The van der Waals surface area contributed by atoms with Crippen LogP contribution in [0.5, 0.6) is 0 Å². The molecular weight excluding hydrogens is 144 g/mol. The zero-order valence-electron chi connectivity index (χ0n) is 6.96. The molecule has 1 N–H and O–H groups in total. The summed E-state index contributed by atoms with van der Waals surface area (Å²) in [5.41, 5.74) is 0.355. The first kappa shape index (κ1) is 10.2. The van der Waals surface area contributed by atoms with Crippen LogP contribution in [-0.2, 0) is 9.53 Å². The van der Waals surface area contributed by atoms with E-state index in [-0.39, 0.29) is 6.61 Å². The number of ether oxygens (including phenoxy) is 1. The summed E-state index contributed by atoms with van der Waals surface area (Å²) in [4.78, 5) is 10.7. The molecule has 0 spiro atoms. The van der Waals surface area contributed by atoms with Crippen molar-refractivity contribution < 1.29 is 14.6 Å². The van der Waals surface area contributed by atoms with E-state index in [0.717, 1.165) is 0 Å². The van der Waals surface area contributed by atoms with Crippen molar-refractivity contribution in [3.05, 3.63) is 12.2 Å². The molecule has 0 aromatic heterocycles. The number of esters is 1. The number of hydrogen-bond donors (Lipinski definition) is 1. The molecule has 0 rings (SSSR count). The maximum absolute atomic E-state index is 10.7. The topological polar surface area (TPSA) is 46.5 Å². The lowest BCUT2D eigenvalue weighted by molar-refractivity contribution is -0.141. The van der Waals surface area contributed by atoms with Gasteiger partial charge in [-0.25, -0.2) is 4.79 Å². The van der Waals surface area contributed by atoms with Gasteiger partial charge in [0.2, 0.25) is 0 Å². The Bertz CT molecular complexity index is 151. The lowest BCUT2D eigenvalue weighted by Crippen LogP contribution is -2.17. The summed E-state index contributed by atoms with van der Waals surface area (Å²) in [6.45, 7) is 6.85. The van der Waals surface area contributed by atoms with Crippen molar-refractivity contribution in [3.63, 3.8) is 0 Å². The van der Waals surface area contributed by atoms with Gasteiger partial charge in [-0.1, -0.05) is 13.5 Å². The normalized spacial score (nSPS) is 12.3. The van der Waals surface area contributed by atoms with Gasteiger partial charge >= 0.3 is 5.97 Å². The fraction of sp³-hybridized carbons (Fsp3) is 0.625. The second kappa shape index (κ2) is 4.91. The third-order valence-corrected chi connectivity index (χ3v) is 1.23. The van der Waals surface area contributed by atoms with Crippen LogP contribution in [0.25, 0.3) is 0 Å². The van der Waals surface area contributed by atoms with Crippen LogP contribution in [0.2, 0.25) is 0 Å². The van der Waals surface area contributed by atoms with Crippen molar-refractivity contribution in [1.82, 2.24) is 0 Å². The maximum Gasteiger partial charge on any atom is 0.333 e. The van der Waals surface area contributed by atoms with E-state index in [2.05, 4.69) is 11.3 Å². The number of aliphatic hydroxyl groups excluding tert-OH is 1. The molecule has 0 saturated carbocycles. The van der Waals surface area contributed by atoms with Crippen LogP contribution in [0.1, 0.15) is 20.3 Å². The molecule has 0 aliphatic carbocycles. The first-order valence-electron chi connectivity index (χ1n) is 3.58. The third kappa shape index (κ3) is 4.56. The molecule has 0 bridgehead atoms. The number of aliphatic hydroxyl groups is 1. The molecule has 64 valence electrons. The highest BCUT2D eigenvalue weighted by Gasteiger charge is 2.06. The molecule has 11 heavy (non-hydrogen) atoms. The zero-order valence-corrected chi connectivity index (χ0v) is 6.96. The van der Waals surface area contributed by atoms with Gasteiger partial charge in [-0.2, -0.15) is 0 Å². The molecule has 3 heteroatoms. The monoisotopic (exact) mass is 158 g/mol. The molecule has 0 aliphatic rings. The molecule has 0 aromatic rings. The fourth-order valence-electron chi connectivity index (χ4n) is 0.413. The van der Waals surface area contributed by atoms with Gasteiger partial charge in [-0.05, 0) is 13.3 Å². The number of hydrogen-bond acceptors (Lipinski definition) is 3. The van der Waals surface area contributed by atoms with Crippen LogP contribution in [0.3, 0.4) is 0 Å². The molecule has 0 aliphatic heterocycles. The second-order valence-electron chi connectivity index (χ2n) is 2.44. The smallest absolute Gasteiger partial charge is 0.333 e. The molecule has 0 unspecified atom stereocenters. The molecule has 0 amide bonds. The number of carbonyl (C=O) groups is 1. The summed E-state index contributed by atoms with van der Waals surface area (Å²) in [5.74, 6) is -0.447. The van der Waals surface area contributed by atoms with Crippen LogP contribution >= 0.6 is 0 Å². The highest BCUT2D eigenvalue weighted by Crippen LogP contribution is 1.95. The summed E-state index contributed by atoms with van der Waals surface area (Å²) in [6, 6.07) is 0. The average molecular weight is 158 g/mol. The van der Waals surface area contributed by atoms with E-state index in [9.17, 15) is 4.79 Å². The minimum absolute atomic E-state index is 0.0577. The largest absolute Gasteiger partial charge is 0.460 e. The van der Waals surface area contributed by atoms with Crippen molar-refractivity contribution in [3.8, 4) is 0 Å².